The summed E-state index contributed by atoms with van der Waals surface area (Å²) in [6, 6.07) is 10.8. The normalized spacial score (nSPS) is 10.8. The van der Waals surface area contributed by atoms with Gasteiger partial charge in [0.1, 0.15) is 5.69 Å². The fraction of sp³-hybridized carbons (Fsp3) is 0.350. The van der Waals surface area contributed by atoms with Crippen LogP contribution in [0.5, 0.6) is 0 Å². The number of benzene rings is 1. The summed E-state index contributed by atoms with van der Waals surface area (Å²) >= 11 is 0. The molecule has 2 amide bonds. The van der Waals surface area contributed by atoms with Crippen molar-refractivity contribution in [3.05, 3.63) is 59.4 Å². The highest BCUT2D eigenvalue weighted by molar-refractivity contribution is 6.05. The number of carbonyl (C=O) groups is 2. The molecule has 0 aliphatic rings. The Bertz CT molecular complexity index is 755. The topological polar surface area (TPSA) is 74.3 Å². The molecule has 2 rings (SSSR count). The van der Waals surface area contributed by atoms with Crippen LogP contribution in [0, 0.1) is 0 Å². The van der Waals surface area contributed by atoms with E-state index < -0.39 is 0 Å². The third kappa shape index (κ3) is 5.67. The number of likely N-dealkylation sites (N-methyl/N-ethyl adjacent to an activating group) is 1. The quantitative estimate of drug-likeness (QED) is 0.802. The Morgan fingerprint density at radius 1 is 1.08 bits per heavy atom. The maximum Gasteiger partial charge on any atom is 0.269 e. The van der Waals surface area contributed by atoms with Crippen molar-refractivity contribution in [2.45, 2.75) is 19.8 Å². The summed E-state index contributed by atoms with van der Waals surface area (Å²) in [7, 11) is 3.87. The van der Waals surface area contributed by atoms with Gasteiger partial charge in [-0.05, 0) is 49.8 Å². The minimum atomic E-state index is -0.289. The van der Waals surface area contributed by atoms with Crippen molar-refractivity contribution in [2.75, 3.05) is 32.5 Å². The fourth-order valence-electron chi connectivity index (χ4n) is 2.33. The Morgan fingerprint density at radius 3 is 2.38 bits per heavy atom. The van der Waals surface area contributed by atoms with Crippen molar-refractivity contribution in [3.8, 4) is 0 Å². The van der Waals surface area contributed by atoms with E-state index in [4.69, 9.17) is 0 Å². The third-order valence-corrected chi connectivity index (χ3v) is 3.93. The van der Waals surface area contributed by atoms with E-state index in [1.807, 2.05) is 43.3 Å². The molecule has 0 aliphatic carbocycles. The first-order chi connectivity index (χ1) is 12.4. The minimum Gasteiger partial charge on any atom is -0.349 e. The first-order valence-corrected chi connectivity index (χ1v) is 8.67. The van der Waals surface area contributed by atoms with Crippen LogP contribution in [0.3, 0.4) is 0 Å². The van der Waals surface area contributed by atoms with Crippen molar-refractivity contribution in [3.63, 3.8) is 0 Å². The van der Waals surface area contributed by atoms with Crippen molar-refractivity contribution < 1.29 is 9.59 Å². The highest BCUT2D eigenvalue weighted by Crippen LogP contribution is 2.17. The molecule has 1 heterocycles. The Hall–Kier alpha value is -2.73. The fourth-order valence-corrected chi connectivity index (χ4v) is 2.33. The summed E-state index contributed by atoms with van der Waals surface area (Å²) in [6.45, 7) is 5.50. The van der Waals surface area contributed by atoms with Crippen LogP contribution in [0.25, 0.3) is 0 Å². The summed E-state index contributed by atoms with van der Waals surface area (Å²) in [4.78, 5) is 30.6. The van der Waals surface area contributed by atoms with E-state index in [0.29, 0.717) is 23.7 Å². The monoisotopic (exact) mass is 354 g/mol. The molecule has 6 heteroatoms. The van der Waals surface area contributed by atoms with E-state index in [1.165, 1.54) is 17.8 Å². The van der Waals surface area contributed by atoms with Crippen LogP contribution in [-0.2, 0) is 0 Å². The highest BCUT2D eigenvalue weighted by atomic mass is 16.2. The molecule has 0 atom stereocenters. The molecule has 0 bridgehead atoms. The van der Waals surface area contributed by atoms with E-state index in [0.717, 1.165) is 6.54 Å². The first kappa shape index (κ1) is 19.6. The molecule has 1 aromatic heterocycles. The maximum absolute atomic E-state index is 12.4. The molecule has 0 saturated heterocycles. The van der Waals surface area contributed by atoms with Gasteiger partial charge in [0.15, 0.2) is 0 Å². The van der Waals surface area contributed by atoms with Gasteiger partial charge in [0.2, 0.25) is 0 Å². The second-order valence-corrected chi connectivity index (χ2v) is 6.72. The second-order valence-electron chi connectivity index (χ2n) is 6.72. The van der Waals surface area contributed by atoms with Gasteiger partial charge in [-0.2, -0.15) is 0 Å². The highest BCUT2D eigenvalue weighted by Gasteiger charge is 2.12. The van der Waals surface area contributed by atoms with Crippen molar-refractivity contribution in [2.24, 2.45) is 0 Å². The SMILES string of the molecule is CC(C)c1ccc(NC(=O)c2ccnc(C(=O)NCCN(C)C)c2)cc1. The van der Waals surface area contributed by atoms with Gasteiger partial charge in [0.05, 0.1) is 0 Å². The number of hydrogen-bond acceptors (Lipinski definition) is 4. The summed E-state index contributed by atoms with van der Waals surface area (Å²) in [5.41, 5.74) is 2.55. The standard InChI is InChI=1S/C20H26N4O2/c1-14(2)15-5-7-17(8-6-15)23-19(25)16-9-10-21-18(13-16)20(26)22-11-12-24(3)4/h5-10,13-14H,11-12H2,1-4H3,(H,22,26)(H,23,25). The molecule has 0 unspecified atom stereocenters. The first-order valence-electron chi connectivity index (χ1n) is 8.67. The lowest BCUT2D eigenvalue weighted by Gasteiger charge is -2.11. The number of hydrogen-bond donors (Lipinski definition) is 2. The number of nitrogens with one attached hydrogen (secondary N) is 2. The molecule has 0 radical (unpaired) electrons. The zero-order chi connectivity index (χ0) is 19.1. The molecule has 138 valence electrons. The van der Waals surface area contributed by atoms with Crippen molar-refractivity contribution in [1.29, 1.82) is 0 Å². The predicted molar refractivity (Wildman–Crippen MR) is 104 cm³/mol. The summed E-state index contributed by atoms with van der Waals surface area (Å²) in [5.74, 6) is -0.122. The van der Waals surface area contributed by atoms with E-state index >= 15 is 0 Å². The van der Waals surface area contributed by atoms with Gasteiger partial charge in [-0.1, -0.05) is 26.0 Å². The molecule has 2 aromatic rings. The Balaban J connectivity index is 2.01. The van der Waals surface area contributed by atoms with Gasteiger partial charge < -0.3 is 15.5 Å². The molecule has 1 aromatic carbocycles. The number of anilines is 1. The van der Waals surface area contributed by atoms with Gasteiger partial charge in [0, 0.05) is 30.5 Å². The number of rotatable bonds is 7. The predicted octanol–water partition coefficient (Wildman–Crippen LogP) is 2.75. The van der Waals surface area contributed by atoms with Crippen LogP contribution in [0.4, 0.5) is 5.69 Å². The average Bonchev–Trinajstić information content (AvgIpc) is 2.62. The molecule has 0 fully saturated rings. The number of amides is 2. The van der Waals surface area contributed by atoms with Gasteiger partial charge in [-0.15, -0.1) is 0 Å². The molecular weight excluding hydrogens is 328 g/mol. The Labute approximate surface area is 154 Å². The Kier molecular flexibility index (Phi) is 6.86. The van der Waals surface area contributed by atoms with Crippen LogP contribution in [-0.4, -0.2) is 48.9 Å². The second kappa shape index (κ2) is 9.10. The molecule has 6 nitrogen and oxygen atoms in total. The summed E-state index contributed by atoms with van der Waals surface area (Å²) in [6.07, 6.45) is 1.47. The van der Waals surface area contributed by atoms with Crippen molar-refractivity contribution >= 4 is 17.5 Å². The van der Waals surface area contributed by atoms with Gasteiger partial charge in [-0.3, -0.25) is 14.6 Å². The summed E-state index contributed by atoms with van der Waals surface area (Å²) in [5, 5.41) is 5.63. The number of nitrogens with zero attached hydrogens (tertiary/aromatic N) is 2. The van der Waals surface area contributed by atoms with Crippen LogP contribution in [0.1, 0.15) is 46.2 Å². The Morgan fingerprint density at radius 2 is 1.77 bits per heavy atom. The van der Waals surface area contributed by atoms with E-state index in [-0.39, 0.29) is 17.5 Å². The number of pyridine rings is 1. The van der Waals surface area contributed by atoms with Crippen LogP contribution < -0.4 is 10.6 Å². The summed E-state index contributed by atoms with van der Waals surface area (Å²) < 4.78 is 0. The zero-order valence-corrected chi connectivity index (χ0v) is 15.7. The molecule has 26 heavy (non-hydrogen) atoms. The molecule has 0 spiro atoms. The zero-order valence-electron chi connectivity index (χ0n) is 15.7. The van der Waals surface area contributed by atoms with E-state index in [2.05, 4.69) is 29.5 Å². The van der Waals surface area contributed by atoms with Crippen LogP contribution in [0.2, 0.25) is 0 Å². The average molecular weight is 354 g/mol. The minimum absolute atomic E-state index is 0.228. The smallest absolute Gasteiger partial charge is 0.269 e. The lowest BCUT2D eigenvalue weighted by atomic mass is 10.0. The lowest BCUT2D eigenvalue weighted by Crippen LogP contribution is -2.32. The van der Waals surface area contributed by atoms with Crippen LogP contribution >= 0.6 is 0 Å². The van der Waals surface area contributed by atoms with Gasteiger partial charge >= 0.3 is 0 Å². The molecular formula is C20H26N4O2. The van der Waals surface area contributed by atoms with Gasteiger partial charge in [-0.25, -0.2) is 0 Å². The van der Waals surface area contributed by atoms with Crippen LogP contribution in [0.15, 0.2) is 42.6 Å². The molecule has 0 aliphatic heterocycles. The molecule has 0 saturated carbocycles. The van der Waals surface area contributed by atoms with E-state index in [1.54, 1.807) is 6.07 Å². The number of aromatic nitrogens is 1. The van der Waals surface area contributed by atoms with Gasteiger partial charge in [0.25, 0.3) is 11.8 Å². The van der Waals surface area contributed by atoms with E-state index in [9.17, 15) is 9.59 Å². The van der Waals surface area contributed by atoms with Crippen molar-refractivity contribution in [1.82, 2.24) is 15.2 Å². The number of carbonyl (C=O) groups excluding carboxylic acids is 2. The maximum atomic E-state index is 12.4. The molecule has 2 N–H and O–H groups in total. The lowest BCUT2D eigenvalue weighted by molar-refractivity contribution is 0.0946. The third-order valence-electron chi connectivity index (χ3n) is 3.93. The largest absolute Gasteiger partial charge is 0.349 e.